The van der Waals surface area contributed by atoms with Gasteiger partial charge in [0.05, 0.1) is 12.1 Å². The third kappa shape index (κ3) is 2.01. The van der Waals surface area contributed by atoms with Crippen LogP contribution in [0.4, 0.5) is 5.69 Å². The van der Waals surface area contributed by atoms with E-state index >= 15 is 0 Å². The van der Waals surface area contributed by atoms with Crippen LogP contribution in [0.3, 0.4) is 0 Å². The first kappa shape index (κ1) is 12.8. The SMILES string of the molecule is O=C1CC(Br)(Br)C(=O)N1c1cccc2ccccc12. The maximum Gasteiger partial charge on any atom is 0.262 e. The quantitative estimate of drug-likeness (QED) is 0.558. The van der Waals surface area contributed by atoms with Gasteiger partial charge in [0, 0.05) is 5.39 Å². The molecule has 2 amide bonds. The molecule has 1 heterocycles. The van der Waals surface area contributed by atoms with Gasteiger partial charge in [0.25, 0.3) is 5.91 Å². The maximum atomic E-state index is 12.3. The van der Waals surface area contributed by atoms with Crippen LogP contribution in [0.25, 0.3) is 10.8 Å². The summed E-state index contributed by atoms with van der Waals surface area (Å²) in [5.74, 6) is -0.496. The molecule has 0 aliphatic carbocycles. The normalized spacial score (nSPS) is 18.3. The van der Waals surface area contributed by atoms with E-state index in [9.17, 15) is 9.59 Å². The number of nitrogens with zero attached hydrogens (tertiary/aromatic N) is 1. The van der Waals surface area contributed by atoms with Crippen LogP contribution in [0, 0.1) is 0 Å². The highest BCUT2D eigenvalue weighted by atomic mass is 79.9. The van der Waals surface area contributed by atoms with Crippen LogP contribution in [0.5, 0.6) is 0 Å². The molecule has 0 atom stereocenters. The summed E-state index contributed by atoms with van der Waals surface area (Å²) in [5, 5.41) is 1.90. The molecule has 0 aromatic heterocycles. The second-order valence-corrected chi connectivity index (χ2v) is 8.19. The van der Waals surface area contributed by atoms with Gasteiger partial charge in [0.1, 0.15) is 0 Å². The Kier molecular flexibility index (Phi) is 2.98. The molecule has 1 aliphatic rings. The molecule has 0 saturated carbocycles. The van der Waals surface area contributed by atoms with E-state index in [4.69, 9.17) is 0 Å². The highest BCUT2D eigenvalue weighted by molar-refractivity contribution is 9.26. The van der Waals surface area contributed by atoms with Gasteiger partial charge in [-0.15, -0.1) is 0 Å². The molecule has 0 bridgehead atoms. The minimum absolute atomic E-state index is 0.106. The molecule has 3 nitrogen and oxygen atoms in total. The largest absolute Gasteiger partial charge is 0.274 e. The van der Waals surface area contributed by atoms with Crippen molar-refractivity contribution in [3.63, 3.8) is 0 Å². The predicted octanol–water partition coefficient (Wildman–Crippen LogP) is 3.59. The van der Waals surface area contributed by atoms with Crippen molar-refractivity contribution in [2.24, 2.45) is 0 Å². The van der Waals surface area contributed by atoms with E-state index in [-0.39, 0.29) is 18.2 Å². The average molecular weight is 383 g/mol. The van der Waals surface area contributed by atoms with Crippen molar-refractivity contribution in [1.82, 2.24) is 0 Å². The number of halogens is 2. The van der Waals surface area contributed by atoms with E-state index in [1.807, 2.05) is 36.4 Å². The van der Waals surface area contributed by atoms with E-state index < -0.39 is 3.23 Å². The molecule has 0 spiro atoms. The molecular formula is C14H9Br2NO2. The number of imide groups is 1. The Hall–Kier alpha value is -1.20. The highest BCUT2D eigenvalue weighted by Gasteiger charge is 2.49. The Bertz CT molecular complexity index is 691. The van der Waals surface area contributed by atoms with Gasteiger partial charge in [-0.05, 0) is 11.5 Å². The molecule has 1 fully saturated rings. The van der Waals surface area contributed by atoms with Gasteiger partial charge in [-0.1, -0.05) is 68.3 Å². The van der Waals surface area contributed by atoms with Gasteiger partial charge in [-0.25, -0.2) is 4.90 Å². The molecule has 0 radical (unpaired) electrons. The third-order valence-electron chi connectivity index (χ3n) is 3.15. The number of carbonyl (C=O) groups excluding carboxylic acids is 2. The fourth-order valence-electron chi connectivity index (χ4n) is 2.27. The van der Waals surface area contributed by atoms with Gasteiger partial charge < -0.3 is 0 Å². The van der Waals surface area contributed by atoms with E-state index in [1.165, 1.54) is 4.90 Å². The number of alkyl halides is 2. The molecule has 1 saturated heterocycles. The number of hydrogen-bond acceptors (Lipinski definition) is 2. The lowest BCUT2D eigenvalue weighted by Gasteiger charge is -2.18. The zero-order valence-electron chi connectivity index (χ0n) is 9.77. The summed E-state index contributed by atoms with van der Waals surface area (Å²) in [4.78, 5) is 25.6. The molecule has 0 N–H and O–H groups in total. The van der Waals surface area contributed by atoms with Crippen LogP contribution in [-0.2, 0) is 9.59 Å². The van der Waals surface area contributed by atoms with Crippen LogP contribution in [0.2, 0.25) is 0 Å². The van der Waals surface area contributed by atoms with Gasteiger partial charge in [-0.2, -0.15) is 0 Å². The fourth-order valence-corrected chi connectivity index (χ4v) is 3.10. The van der Waals surface area contributed by atoms with Crippen molar-refractivity contribution in [3.8, 4) is 0 Å². The lowest BCUT2D eigenvalue weighted by Crippen LogP contribution is -2.33. The number of rotatable bonds is 1. The number of anilines is 1. The van der Waals surface area contributed by atoms with Crippen molar-refractivity contribution in [3.05, 3.63) is 42.5 Å². The van der Waals surface area contributed by atoms with E-state index in [0.29, 0.717) is 5.69 Å². The summed E-state index contributed by atoms with van der Waals surface area (Å²) >= 11 is 6.51. The van der Waals surface area contributed by atoms with E-state index in [1.54, 1.807) is 6.07 Å². The minimum Gasteiger partial charge on any atom is -0.274 e. The van der Waals surface area contributed by atoms with Crippen LogP contribution < -0.4 is 4.90 Å². The molecule has 1 aliphatic heterocycles. The molecule has 0 unspecified atom stereocenters. The van der Waals surface area contributed by atoms with Crippen LogP contribution >= 0.6 is 31.9 Å². The smallest absolute Gasteiger partial charge is 0.262 e. The van der Waals surface area contributed by atoms with Crippen molar-refractivity contribution < 1.29 is 9.59 Å². The Labute approximate surface area is 126 Å². The lowest BCUT2D eigenvalue weighted by atomic mass is 10.1. The fraction of sp³-hybridized carbons (Fsp3) is 0.143. The van der Waals surface area contributed by atoms with E-state index in [2.05, 4.69) is 31.9 Å². The van der Waals surface area contributed by atoms with Crippen LogP contribution in [0.1, 0.15) is 6.42 Å². The summed E-state index contributed by atoms with van der Waals surface area (Å²) in [6, 6.07) is 13.3. The molecule has 5 heteroatoms. The second kappa shape index (κ2) is 4.42. The standard InChI is InChI=1S/C14H9Br2NO2/c15-14(16)8-12(18)17(13(14)19)11-7-3-5-9-4-1-2-6-10(9)11/h1-7H,8H2. The maximum absolute atomic E-state index is 12.3. The van der Waals surface area contributed by atoms with Gasteiger partial charge in [-0.3, -0.25) is 9.59 Å². The highest BCUT2D eigenvalue weighted by Crippen LogP contribution is 2.42. The molecule has 2 aromatic carbocycles. The van der Waals surface area contributed by atoms with Crippen LogP contribution in [0.15, 0.2) is 42.5 Å². The molecule has 96 valence electrons. The topological polar surface area (TPSA) is 37.4 Å². The minimum atomic E-state index is -0.978. The third-order valence-corrected chi connectivity index (χ3v) is 4.39. The first-order valence-electron chi connectivity index (χ1n) is 5.74. The average Bonchev–Trinajstić information content (AvgIpc) is 2.58. The molecular weight excluding hydrogens is 374 g/mol. The number of amides is 2. The lowest BCUT2D eigenvalue weighted by molar-refractivity contribution is -0.121. The predicted molar refractivity (Wildman–Crippen MR) is 81.6 cm³/mol. The zero-order chi connectivity index (χ0) is 13.6. The Morgan fingerprint density at radius 3 is 2.37 bits per heavy atom. The molecule has 3 rings (SSSR count). The van der Waals surface area contributed by atoms with Gasteiger partial charge in [0.15, 0.2) is 3.23 Å². The summed E-state index contributed by atoms with van der Waals surface area (Å²) in [5.41, 5.74) is 0.633. The number of carbonyl (C=O) groups is 2. The van der Waals surface area contributed by atoms with Gasteiger partial charge >= 0.3 is 0 Å². The Balaban J connectivity index is 2.21. The zero-order valence-corrected chi connectivity index (χ0v) is 12.9. The number of benzene rings is 2. The van der Waals surface area contributed by atoms with Crippen molar-refractivity contribution in [2.75, 3.05) is 4.90 Å². The molecule has 2 aromatic rings. The summed E-state index contributed by atoms with van der Waals surface area (Å²) in [6.45, 7) is 0. The van der Waals surface area contributed by atoms with E-state index in [0.717, 1.165) is 10.8 Å². The Morgan fingerprint density at radius 2 is 1.68 bits per heavy atom. The van der Waals surface area contributed by atoms with Crippen molar-refractivity contribution >= 4 is 60.1 Å². The molecule has 19 heavy (non-hydrogen) atoms. The summed E-state index contributed by atoms with van der Waals surface area (Å²) in [6.07, 6.45) is 0.106. The number of fused-ring (bicyclic) bond motifs is 1. The number of hydrogen-bond donors (Lipinski definition) is 0. The van der Waals surface area contributed by atoms with Gasteiger partial charge in [0.2, 0.25) is 5.91 Å². The summed E-state index contributed by atoms with van der Waals surface area (Å²) < 4.78 is -0.978. The first-order chi connectivity index (χ1) is 9.00. The van der Waals surface area contributed by atoms with Crippen molar-refractivity contribution in [2.45, 2.75) is 9.65 Å². The first-order valence-corrected chi connectivity index (χ1v) is 7.32. The Morgan fingerprint density at radius 1 is 1.00 bits per heavy atom. The van der Waals surface area contributed by atoms with Crippen molar-refractivity contribution in [1.29, 1.82) is 0 Å². The summed E-state index contributed by atoms with van der Waals surface area (Å²) in [7, 11) is 0. The monoisotopic (exact) mass is 381 g/mol. The van der Waals surface area contributed by atoms with Crippen LogP contribution in [-0.4, -0.2) is 15.0 Å². The second-order valence-electron chi connectivity index (χ2n) is 4.41.